The van der Waals surface area contributed by atoms with Crippen molar-refractivity contribution in [2.75, 3.05) is 19.0 Å². The van der Waals surface area contributed by atoms with Gasteiger partial charge in [-0.05, 0) is 29.8 Å². The fourth-order valence-corrected chi connectivity index (χ4v) is 1.79. The lowest BCUT2D eigenvalue weighted by molar-refractivity contribution is -0.120. The second kappa shape index (κ2) is 7.73. The van der Waals surface area contributed by atoms with E-state index in [-0.39, 0.29) is 12.5 Å². The molecule has 0 bridgehead atoms. The molecule has 22 heavy (non-hydrogen) atoms. The van der Waals surface area contributed by atoms with Gasteiger partial charge in [-0.3, -0.25) is 15.6 Å². The summed E-state index contributed by atoms with van der Waals surface area (Å²) < 4.78 is 5.07. The molecule has 5 nitrogen and oxygen atoms in total. The van der Waals surface area contributed by atoms with E-state index in [9.17, 15) is 4.79 Å². The van der Waals surface area contributed by atoms with Gasteiger partial charge in [0.25, 0.3) is 5.91 Å². The maximum atomic E-state index is 11.8. The molecular weight excluding hydrogens is 278 g/mol. The first-order valence-electron chi connectivity index (χ1n) is 6.86. The van der Waals surface area contributed by atoms with Crippen molar-refractivity contribution in [3.8, 4) is 5.75 Å². The topological polar surface area (TPSA) is 62.4 Å². The average Bonchev–Trinajstić information content (AvgIpc) is 2.59. The number of ether oxygens (including phenoxy) is 1. The molecule has 0 fully saturated rings. The van der Waals surface area contributed by atoms with Crippen LogP contribution in [-0.4, -0.2) is 19.6 Å². The number of rotatable bonds is 7. The van der Waals surface area contributed by atoms with Crippen molar-refractivity contribution >= 4 is 17.3 Å². The quantitative estimate of drug-likeness (QED) is 0.687. The van der Waals surface area contributed by atoms with E-state index >= 15 is 0 Å². The van der Waals surface area contributed by atoms with Gasteiger partial charge in [-0.2, -0.15) is 0 Å². The van der Waals surface area contributed by atoms with Crippen LogP contribution in [0.1, 0.15) is 5.56 Å². The fraction of sp³-hybridized carbons (Fsp3) is 0.118. The minimum atomic E-state index is -0.187. The summed E-state index contributed by atoms with van der Waals surface area (Å²) in [5.74, 6) is 0.587. The Bertz CT molecular complexity index is 624. The molecule has 2 aromatic rings. The summed E-state index contributed by atoms with van der Waals surface area (Å²) in [6.45, 7) is 4.03. The molecule has 0 aliphatic rings. The Balaban J connectivity index is 1.74. The van der Waals surface area contributed by atoms with Crippen molar-refractivity contribution < 1.29 is 9.53 Å². The predicted molar refractivity (Wildman–Crippen MR) is 88.2 cm³/mol. The number of amides is 1. The standard InChI is InChI=1S/C17H19N3O2/c1-13(14-6-4-3-5-7-14)19-20-17(21)12-18-15-8-10-16(22-2)11-9-15/h3-11,18-19H,1,12H2,2H3,(H,20,21). The van der Waals surface area contributed by atoms with Crippen LogP contribution in [0.3, 0.4) is 0 Å². The summed E-state index contributed by atoms with van der Waals surface area (Å²) >= 11 is 0. The summed E-state index contributed by atoms with van der Waals surface area (Å²) in [5, 5.41) is 3.02. The molecular formula is C17H19N3O2. The van der Waals surface area contributed by atoms with E-state index in [1.54, 1.807) is 7.11 Å². The first kappa shape index (κ1) is 15.4. The van der Waals surface area contributed by atoms with Crippen molar-refractivity contribution in [3.05, 3.63) is 66.7 Å². The van der Waals surface area contributed by atoms with Crippen molar-refractivity contribution in [2.24, 2.45) is 0 Å². The number of carbonyl (C=O) groups is 1. The Morgan fingerprint density at radius 2 is 1.73 bits per heavy atom. The number of hydrazine groups is 1. The molecule has 0 saturated heterocycles. The Hall–Kier alpha value is -2.95. The van der Waals surface area contributed by atoms with Gasteiger partial charge < -0.3 is 10.1 Å². The third-order valence-electron chi connectivity index (χ3n) is 3.02. The van der Waals surface area contributed by atoms with Gasteiger partial charge in [-0.15, -0.1) is 0 Å². The first-order chi connectivity index (χ1) is 10.7. The molecule has 0 saturated carbocycles. The van der Waals surface area contributed by atoms with E-state index in [1.165, 1.54) is 0 Å². The number of carbonyl (C=O) groups excluding carboxylic acids is 1. The van der Waals surface area contributed by atoms with Crippen LogP contribution in [0.15, 0.2) is 61.2 Å². The molecule has 2 aromatic carbocycles. The summed E-state index contributed by atoms with van der Waals surface area (Å²) in [7, 11) is 1.61. The number of methoxy groups -OCH3 is 1. The largest absolute Gasteiger partial charge is 0.497 e. The zero-order valence-corrected chi connectivity index (χ0v) is 12.4. The molecule has 0 unspecified atom stereocenters. The minimum Gasteiger partial charge on any atom is -0.497 e. The summed E-state index contributed by atoms with van der Waals surface area (Å²) in [6.07, 6.45) is 0. The van der Waals surface area contributed by atoms with E-state index in [0.29, 0.717) is 5.70 Å². The predicted octanol–water partition coefficient (Wildman–Crippen LogP) is 2.40. The molecule has 0 aliphatic heterocycles. The van der Waals surface area contributed by atoms with Crippen molar-refractivity contribution in [1.82, 2.24) is 10.9 Å². The Kier molecular flexibility index (Phi) is 5.43. The van der Waals surface area contributed by atoms with E-state index in [1.807, 2.05) is 54.6 Å². The van der Waals surface area contributed by atoms with Gasteiger partial charge in [-0.25, -0.2) is 0 Å². The highest BCUT2D eigenvalue weighted by Crippen LogP contribution is 2.14. The molecule has 5 heteroatoms. The molecule has 0 spiro atoms. The van der Waals surface area contributed by atoms with Crippen molar-refractivity contribution in [2.45, 2.75) is 0 Å². The van der Waals surface area contributed by atoms with Crippen molar-refractivity contribution in [3.63, 3.8) is 0 Å². The highest BCUT2D eigenvalue weighted by Gasteiger charge is 2.02. The second-order valence-corrected chi connectivity index (χ2v) is 4.60. The molecule has 1 amide bonds. The van der Waals surface area contributed by atoms with Crippen LogP contribution in [0, 0.1) is 0 Å². The van der Waals surface area contributed by atoms with Gasteiger partial charge in [0.15, 0.2) is 0 Å². The fourth-order valence-electron chi connectivity index (χ4n) is 1.79. The van der Waals surface area contributed by atoms with Gasteiger partial charge in [0.05, 0.1) is 19.4 Å². The lowest BCUT2D eigenvalue weighted by Gasteiger charge is -2.12. The average molecular weight is 297 g/mol. The third kappa shape index (κ3) is 4.56. The van der Waals surface area contributed by atoms with Crippen LogP contribution < -0.4 is 20.9 Å². The Morgan fingerprint density at radius 3 is 2.36 bits per heavy atom. The van der Waals surface area contributed by atoms with E-state index < -0.39 is 0 Å². The normalized spacial score (nSPS) is 9.68. The first-order valence-corrected chi connectivity index (χ1v) is 6.86. The van der Waals surface area contributed by atoms with Crippen LogP contribution in [0.25, 0.3) is 5.70 Å². The van der Waals surface area contributed by atoms with E-state index in [4.69, 9.17) is 4.74 Å². The Labute approximate surface area is 130 Å². The number of benzene rings is 2. The van der Waals surface area contributed by atoms with Gasteiger partial charge in [-0.1, -0.05) is 36.9 Å². The molecule has 0 atom stereocenters. The maximum absolute atomic E-state index is 11.8. The zero-order valence-electron chi connectivity index (χ0n) is 12.4. The van der Waals surface area contributed by atoms with Crippen molar-refractivity contribution in [1.29, 1.82) is 0 Å². The number of hydrogen-bond donors (Lipinski definition) is 3. The second-order valence-electron chi connectivity index (χ2n) is 4.60. The molecule has 0 heterocycles. The number of hydrogen-bond acceptors (Lipinski definition) is 4. The van der Waals surface area contributed by atoms with Crippen LogP contribution in [0.4, 0.5) is 5.69 Å². The van der Waals surface area contributed by atoms with Crippen LogP contribution in [0.2, 0.25) is 0 Å². The molecule has 0 radical (unpaired) electrons. The monoisotopic (exact) mass is 297 g/mol. The number of nitrogens with one attached hydrogen (secondary N) is 3. The molecule has 114 valence electrons. The maximum Gasteiger partial charge on any atom is 0.257 e. The highest BCUT2D eigenvalue weighted by molar-refractivity contribution is 5.81. The summed E-state index contributed by atoms with van der Waals surface area (Å²) in [4.78, 5) is 11.8. The summed E-state index contributed by atoms with van der Waals surface area (Å²) in [5.41, 5.74) is 7.80. The van der Waals surface area contributed by atoms with Crippen LogP contribution in [-0.2, 0) is 4.79 Å². The third-order valence-corrected chi connectivity index (χ3v) is 3.02. The van der Waals surface area contributed by atoms with Gasteiger partial charge in [0, 0.05) is 5.69 Å². The summed E-state index contributed by atoms with van der Waals surface area (Å²) in [6, 6.07) is 16.9. The molecule has 3 N–H and O–H groups in total. The van der Waals surface area contributed by atoms with Crippen LogP contribution in [0.5, 0.6) is 5.75 Å². The van der Waals surface area contributed by atoms with Gasteiger partial charge in [0.2, 0.25) is 0 Å². The Morgan fingerprint density at radius 1 is 1.05 bits per heavy atom. The van der Waals surface area contributed by atoms with Crippen LogP contribution >= 0.6 is 0 Å². The number of anilines is 1. The lowest BCUT2D eigenvalue weighted by Crippen LogP contribution is -2.39. The highest BCUT2D eigenvalue weighted by atomic mass is 16.5. The minimum absolute atomic E-state index is 0.154. The smallest absolute Gasteiger partial charge is 0.257 e. The molecule has 2 rings (SSSR count). The van der Waals surface area contributed by atoms with Gasteiger partial charge >= 0.3 is 0 Å². The SMILES string of the molecule is C=C(NNC(=O)CNc1ccc(OC)cc1)c1ccccc1. The molecule has 0 aromatic heterocycles. The lowest BCUT2D eigenvalue weighted by atomic mass is 10.2. The zero-order chi connectivity index (χ0) is 15.8. The molecule has 0 aliphatic carbocycles. The van der Waals surface area contributed by atoms with Gasteiger partial charge in [0.1, 0.15) is 5.75 Å². The van der Waals surface area contributed by atoms with E-state index in [2.05, 4.69) is 22.7 Å². The van der Waals surface area contributed by atoms with E-state index in [0.717, 1.165) is 17.0 Å².